The molecule has 0 rings (SSSR count). The maximum absolute atomic E-state index is 10.9. The highest BCUT2D eigenvalue weighted by atomic mass is 16.6. The normalized spacial score (nSPS) is 9.86. The lowest BCUT2D eigenvalue weighted by Crippen LogP contribution is -2.27. The molecule has 0 unspecified atom stereocenters. The average molecular weight is 203 g/mol. The van der Waals surface area contributed by atoms with Gasteiger partial charge in [0.2, 0.25) is 0 Å². The lowest BCUT2D eigenvalue weighted by molar-refractivity contribution is 0.0936. The summed E-state index contributed by atoms with van der Waals surface area (Å²) in [6.45, 7) is 5.55. The van der Waals surface area contributed by atoms with E-state index in [2.05, 4.69) is 19.2 Å². The molecule has 0 saturated heterocycles. The predicted molar refractivity (Wildman–Crippen MR) is 55.1 cm³/mol. The summed E-state index contributed by atoms with van der Waals surface area (Å²) in [4.78, 5) is 10.9. The van der Waals surface area contributed by atoms with Crippen LogP contribution in [-0.4, -0.2) is 26.0 Å². The van der Waals surface area contributed by atoms with E-state index in [0.29, 0.717) is 13.2 Å². The number of hydrogen-bond donors (Lipinski definition) is 1. The molecular formula is C10H21NO3. The van der Waals surface area contributed by atoms with Gasteiger partial charge in [-0.15, -0.1) is 0 Å². The Kier molecular flexibility index (Phi) is 9.74. The minimum atomic E-state index is -0.394. The fraction of sp³-hybridized carbons (Fsp3) is 0.900. The van der Waals surface area contributed by atoms with Crippen LogP contribution in [0.1, 0.15) is 39.5 Å². The molecule has 0 bridgehead atoms. The van der Waals surface area contributed by atoms with E-state index < -0.39 is 6.09 Å². The molecular weight excluding hydrogens is 182 g/mol. The summed E-state index contributed by atoms with van der Waals surface area (Å²) in [5.41, 5.74) is 0. The highest BCUT2D eigenvalue weighted by Crippen LogP contribution is 1.89. The van der Waals surface area contributed by atoms with E-state index in [-0.39, 0.29) is 6.73 Å². The van der Waals surface area contributed by atoms with E-state index in [1.165, 1.54) is 0 Å². The number of ether oxygens (including phenoxy) is 2. The molecule has 1 N–H and O–H groups in total. The highest BCUT2D eigenvalue weighted by Gasteiger charge is 1.98. The molecule has 84 valence electrons. The van der Waals surface area contributed by atoms with Gasteiger partial charge in [0, 0.05) is 6.61 Å². The minimum Gasteiger partial charge on any atom is -0.450 e. The van der Waals surface area contributed by atoms with Crippen LogP contribution in [0.3, 0.4) is 0 Å². The van der Waals surface area contributed by atoms with Crippen molar-refractivity contribution < 1.29 is 14.3 Å². The average Bonchev–Trinajstić information content (AvgIpc) is 2.18. The van der Waals surface area contributed by atoms with Crippen molar-refractivity contribution in [1.82, 2.24) is 5.32 Å². The summed E-state index contributed by atoms with van der Waals surface area (Å²) in [5, 5.41) is 2.52. The highest BCUT2D eigenvalue weighted by molar-refractivity contribution is 5.66. The van der Waals surface area contributed by atoms with Gasteiger partial charge in [-0.25, -0.2) is 4.79 Å². The van der Waals surface area contributed by atoms with Gasteiger partial charge in [-0.05, 0) is 12.8 Å². The molecule has 1 amide bonds. The summed E-state index contributed by atoms with van der Waals surface area (Å²) in [6, 6.07) is 0. The summed E-state index contributed by atoms with van der Waals surface area (Å²) in [6.07, 6.45) is 3.66. The summed E-state index contributed by atoms with van der Waals surface area (Å²) < 4.78 is 10.00. The van der Waals surface area contributed by atoms with Gasteiger partial charge < -0.3 is 9.47 Å². The van der Waals surface area contributed by atoms with Crippen molar-refractivity contribution in [3.63, 3.8) is 0 Å². The number of carbonyl (C=O) groups is 1. The van der Waals surface area contributed by atoms with Crippen LogP contribution in [0.2, 0.25) is 0 Å². The smallest absolute Gasteiger partial charge is 0.408 e. The van der Waals surface area contributed by atoms with Gasteiger partial charge in [0.1, 0.15) is 6.73 Å². The fourth-order valence-corrected chi connectivity index (χ4v) is 0.789. The van der Waals surface area contributed by atoms with E-state index in [4.69, 9.17) is 9.47 Å². The van der Waals surface area contributed by atoms with Crippen molar-refractivity contribution >= 4 is 6.09 Å². The Morgan fingerprint density at radius 2 is 1.79 bits per heavy atom. The molecule has 0 aromatic rings. The van der Waals surface area contributed by atoms with Gasteiger partial charge in [0.05, 0.1) is 6.61 Å². The van der Waals surface area contributed by atoms with E-state index in [9.17, 15) is 4.79 Å². The van der Waals surface area contributed by atoms with Crippen LogP contribution in [0.25, 0.3) is 0 Å². The number of hydrogen-bond acceptors (Lipinski definition) is 3. The van der Waals surface area contributed by atoms with Gasteiger partial charge in [0.15, 0.2) is 0 Å². The Hall–Kier alpha value is -0.770. The summed E-state index contributed by atoms with van der Waals surface area (Å²) in [7, 11) is 0. The van der Waals surface area contributed by atoms with E-state index >= 15 is 0 Å². The number of alkyl carbamates (subject to hydrolysis) is 1. The molecule has 0 aliphatic rings. The summed E-state index contributed by atoms with van der Waals surface area (Å²) in [5.74, 6) is 0. The number of nitrogens with one attached hydrogen (secondary N) is 1. The zero-order valence-electron chi connectivity index (χ0n) is 9.17. The zero-order valence-corrected chi connectivity index (χ0v) is 9.17. The Bertz CT molecular complexity index is 139. The lowest BCUT2D eigenvalue weighted by Gasteiger charge is -2.06. The van der Waals surface area contributed by atoms with Crippen molar-refractivity contribution in [3.8, 4) is 0 Å². The Morgan fingerprint density at radius 1 is 1.14 bits per heavy atom. The zero-order chi connectivity index (χ0) is 10.6. The molecule has 0 saturated carbocycles. The van der Waals surface area contributed by atoms with Crippen LogP contribution in [0.4, 0.5) is 4.79 Å². The van der Waals surface area contributed by atoms with Crippen LogP contribution >= 0.6 is 0 Å². The maximum atomic E-state index is 10.9. The van der Waals surface area contributed by atoms with Gasteiger partial charge in [0.25, 0.3) is 0 Å². The second-order valence-electron chi connectivity index (χ2n) is 3.07. The fourth-order valence-electron chi connectivity index (χ4n) is 0.789. The SMILES string of the molecule is CCCCOCNC(=O)OCCCC. The molecule has 0 radical (unpaired) electrons. The predicted octanol–water partition coefficient (Wildman–Crippen LogP) is 2.29. The van der Waals surface area contributed by atoms with Gasteiger partial charge >= 0.3 is 6.09 Å². The molecule has 0 aromatic heterocycles. The monoisotopic (exact) mass is 203 g/mol. The lowest BCUT2D eigenvalue weighted by atomic mass is 10.4. The van der Waals surface area contributed by atoms with Crippen LogP contribution in [0, 0.1) is 0 Å². The molecule has 0 atom stereocenters. The largest absolute Gasteiger partial charge is 0.450 e. The molecule has 0 spiro atoms. The van der Waals surface area contributed by atoms with Crippen molar-refractivity contribution in [3.05, 3.63) is 0 Å². The van der Waals surface area contributed by atoms with Crippen molar-refractivity contribution in [2.45, 2.75) is 39.5 Å². The molecule has 0 aliphatic heterocycles. The van der Waals surface area contributed by atoms with E-state index in [1.807, 2.05) is 0 Å². The third-order valence-electron chi connectivity index (χ3n) is 1.69. The third-order valence-corrected chi connectivity index (χ3v) is 1.69. The van der Waals surface area contributed by atoms with E-state index in [0.717, 1.165) is 25.7 Å². The number of carbonyl (C=O) groups excluding carboxylic acids is 1. The first-order chi connectivity index (χ1) is 6.81. The van der Waals surface area contributed by atoms with Crippen molar-refractivity contribution in [2.75, 3.05) is 19.9 Å². The van der Waals surface area contributed by atoms with Crippen LogP contribution < -0.4 is 5.32 Å². The minimum absolute atomic E-state index is 0.241. The number of rotatable bonds is 8. The Balaban J connectivity index is 3.10. The second kappa shape index (κ2) is 10.3. The third kappa shape index (κ3) is 9.32. The second-order valence-corrected chi connectivity index (χ2v) is 3.07. The summed E-state index contributed by atoms with van der Waals surface area (Å²) >= 11 is 0. The van der Waals surface area contributed by atoms with E-state index in [1.54, 1.807) is 0 Å². The number of unbranched alkanes of at least 4 members (excludes halogenated alkanes) is 2. The van der Waals surface area contributed by atoms with Crippen LogP contribution in [0.15, 0.2) is 0 Å². The molecule has 0 heterocycles. The first kappa shape index (κ1) is 13.2. The first-order valence-electron chi connectivity index (χ1n) is 5.29. The molecule has 14 heavy (non-hydrogen) atoms. The Morgan fingerprint density at radius 3 is 2.43 bits per heavy atom. The van der Waals surface area contributed by atoms with Gasteiger partial charge in [-0.3, -0.25) is 5.32 Å². The van der Waals surface area contributed by atoms with Crippen molar-refractivity contribution in [1.29, 1.82) is 0 Å². The first-order valence-corrected chi connectivity index (χ1v) is 5.29. The standard InChI is InChI=1S/C10H21NO3/c1-3-5-7-13-9-11-10(12)14-8-6-4-2/h3-9H2,1-2H3,(H,11,12). The van der Waals surface area contributed by atoms with Gasteiger partial charge in [-0.2, -0.15) is 0 Å². The number of amides is 1. The molecule has 4 nitrogen and oxygen atoms in total. The van der Waals surface area contributed by atoms with Crippen LogP contribution in [0.5, 0.6) is 0 Å². The molecule has 0 aliphatic carbocycles. The maximum Gasteiger partial charge on any atom is 0.408 e. The molecule has 0 fully saturated rings. The van der Waals surface area contributed by atoms with Crippen molar-refractivity contribution in [2.24, 2.45) is 0 Å². The van der Waals surface area contributed by atoms with Gasteiger partial charge in [-0.1, -0.05) is 26.7 Å². The van der Waals surface area contributed by atoms with Crippen LogP contribution in [-0.2, 0) is 9.47 Å². The molecule has 4 heteroatoms. The molecule has 0 aromatic carbocycles. The quantitative estimate of drug-likeness (QED) is 0.486. The Labute approximate surface area is 86.0 Å². The topological polar surface area (TPSA) is 47.6 Å².